The molecule has 0 bridgehead atoms. The molecule has 0 saturated heterocycles. The molecule has 5 nitrogen and oxygen atoms in total. The molecule has 0 aliphatic carbocycles. The molecule has 252 valence electrons. The minimum Gasteiger partial charge on any atom is -0.318 e. The predicted octanol–water partition coefficient (Wildman–Crippen LogP) is 11.6. The zero-order valence-electron chi connectivity index (χ0n) is 29.3. The van der Waals surface area contributed by atoms with Crippen molar-refractivity contribution in [3.05, 3.63) is 132 Å². The summed E-state index contributed by atoms with van der Waals surface area (Å²) in [7, 11) is 0. The fraction of sp³-hybridized carbons (Fsp3) is 0.381. The average Bonchev–Trinajstić information content (AvgIpc) is 3.05. The second-order valence-electron chi connectivity index (χ2n) is 12.2. The molecule has 0 aliphatic heterocycles. The van der Waals surface area contributed by atoms with Crippen molar-refractivity contribution in [2.24, 2.45) is 5.73 Å². The number of Topliss-reactive ketones (excluding diaryl/α,β-unsaturated/α-hetero) is 1. The molecule has 2 amide bonds. The third kappa shape index (κ3) is 15.8. The van der Waals surface area contributed by atoms with Crippen LogP contribution in [0, 0.1) is 0 Å². The van der Waals surface area contributed by atoms with Crippen LogP contribution in [0.2, 0.25) is 0 Å². The Morgan fingerprint density at radius 1 is 0.638 bits per heavy atom. The second kappa shape index (κ2) is 23.2. The molecular formula is C42H57N3O2. The number of para-hydroxylation sites is 1. The molecular weight excluding hydrogens is 578 g/mol. The number of carbonyl (C=O) groups is 2. The molecule has 0 spiro atoms. The maximum atomic E-state index is 12.9. The molecule has 2 aromatic rings. The fourth-order valence-corrected chi connectivity index (χ4v) is 4.95. The Labute approximate surface area is 284 Å². The quantitative estimate of drug-likeness (QED) is 0.127. The van der Waals surface area contributed by atoms with Gasteiger partial charge in [-0.05, 0) is 85.6 Å². The maximum Gasteiger partial charge on any atom is 0.323 e. The number of nitrogens with two attached hydrogens (primary N) is 1. The average molecular weight is 636 g/mol. The van der Waals surface area contributed by atoms with E-state index in [2.05, 4.69) is 124 Å². The van der Waals surface area contributed by atoms with Gasteiger partial charge in [0, 0.05) is 17.8 Å². The number of nitrogens with one attached hydrogen (secondary N) is 2. The Bertz CT molecular complexity index is 1370. The van der Waals surface area contributed by atoms with Gasteiger partial charge in [0.1, 0.15) is 0 Å². The van der Waals surface area contributed by atoms with Gasteiger partial charge in [0.15, 0.2) is 5.78 Å². The summed E-state index contributed by atoms with van der Waals surface area (Å²) in [5, 5.41) is 5.97. The molecule has 1 unspecified atom stereocenters. The molecule has 2 rings (SSSR count). The van der Waals surface area contributed by atoms with Crippen LogP contribution in [-0.4, -0.2) is 11.8 Å². The zero-order valence-corrected chi connectivity index (χ0v) is 29.3. The maximum absolute atomic E-state index is 12.9. The van der Waals surface area contributed by atoms with Gasteiger partial charge in [-0.25, -0.2) is 4.79 Å². The van der Waals surface area contributed by atoms with Crippen molar-refractivity contribution < 1.29 is 9.59 Å². The van der Waals surface area contributed by atoms with Crippen LogP contribution in [0.3, 0.4) is 0 Å². The number of benzene rings is 2. The highest BCUT2D eigenvalue weighted by Crippen LogP contribution is 2.32. The summed E-state index contributed by atoms with van der Waals surface area (Å²) in [6.07, 6.45) is 32.9. The molecule has 4 N–H and O–H groups in total. The molecule has 2 aromatic carbocycles. The van der Waals surface area contributed by atoms with Crippen molar-refractivity contribution in [1.82, 2.24) is 0 Å². The normalized spacial score (nSPS) is 13.1. The van der Waals surface area contributed by atoms with Gasteiger partial charge in [-0.3, -0.25) is 4.79 Å². The number of amides is 2. The summed E-state index contributed by atoms with van der Waals surface area (Å²) >= 11 is 0. The molecule has 5 heteroatoms. The number of rotatable bonds is 20. The van der Waals surface area contributed by atoms with E-state index < -0.39 is 6.04 Å². The lowest BCUT2D eigenvalue weighted by Crippen LogP contribution is -2.22. The molecule has 0 saturated carbocycles. The lowest BCUT2D eigenvalue weighted by atomic mass is 9.93. The van der Waals surface area contributed by atoms with Crippen LogP contribution in [0.5, 0.6) is 0 Å². The number of hydrogen-bond acceptors (Lipinski definition) is 3. The first-order chi connectivity index (χ1) is 22.7. The molecule has 0 heterocycles. The van der Waals surface area contributed by atoms with Crippen molar-refractivity contribution in [3.8, 4) is 0 Å². The number of anilines is 2. The van der Waals surface area contributed by atoms with Gasteiger partial charge in [0.25, 0.3) is 0 Å². The van der Waals surface area contributed by atoms with Gasteiger partial charge in [-0.15, -0.1) is 0 Å². The predicted molar refractivity (Wildman–Crippen MR) is 203 cm³/mol. The number of hydrogen-bond donors (Lipinski definition) is 3. The molecule has 0 fully saturated rings. The highest BCUT2D eigenvalue weighted by atomic mass is 16.2. The van der Waals surface area contributed by atoms with Gasteiger partial charge in [0.2, 0.25) is 0 Å². The Hall–Kier alpha value is -4.22. The standard InChI is InChI=1S/C42H57N3O2/c1-6-7-8-9-10-11-12-13-14-15-16-17-18-19-20-21-22-23-24-28-39(46)40(43)35-29-31-36(32-30-35)44-42(47)45-41-37(33(2)3)26-25-27-38(41)34(4)5/h7-8,10-11,13-14,16-17,19-20,22-23,25-27,29-34,40H,6,9,12,15,18,21,24,28,43H2,1-5H3,(H2,44,45,47). The molecule has 0 aromatic heterocycles. The third-order valence-corrected chi connectivity index (χ3v) is 7.64. The van der Waals surface area contributed by atoms with Crippen molar-refractivity contribution >= 4 is 23.2 Å². The molecule has 1 atom stereocenters. The van der Waals surface area contributed by atoms with E-state index in [4.69, 9.17) is 5.73 Å². The van der Waals surface area contributed by atoms with E-state index >= 15 is 0 Å². The van der Waals surface area contributed by atoms with Crippen molar-refractivity contribution in [3.63, 3.8) is 0 Å². The Morgan fingerprint density at radius 3 is 1.53 bits per heavy atom. The van der Waals surface area contributed by atoms with E-state index in [1.165, 1.54) is 0 Å². The van der Waals surface area contributed by atoms with Gasteiger partial charge in [0.05, 0.1) is 6.04 Å². The SMILES string of the molecule is CCC=CCC=CCC=CCC=CCC=CCC=CCCC(=O)C(N)c1ccc(NC(=O)Nc2c(C(C)C)cccc2C(C)C)cc1. The Morgan fingerprint density at radius 2 is 1.09 bits per heavy atom. The summed E-state index contributed by atoms with van der Waals surface area (Å²) in [5.41, 5.74) is 10.7. The second-order valence-corrected chi connectivity index (χ2v) is 12.2. The van der Waals surface area contributed by atoms with Crippen LogP contribution in [0.1, 0.15) is 121 Å². The van der Waals surface area contributed by atoms with E-state index in [1.807, 2.05) is 12.1 Å². The number of urea groups is 1. The summed E-state index contributed by atoms with van der Waals surface area (Å²) in [6, 6.07) is 12.3. The van der Waals surface area contributed by atoms with Crippen LogP contribution in [0.15, 0.2) is 115 Å². The minimum atomic E-state index is -0.691. The fourth-order valence-electron chi connectivity index (χ4n) is 4.95. The minimum absolute atomic E-state index is 0.00510. The summed E-state index contributed by atoms with van der Waals surface area (Å²) in [5.74, 6) is 0.554. The largest absolute Gasteiger partial charge is 0.323 e. The van der Waals surface area contributed by atoms with Gasteiger partial charge < -0.3 is 16.4 Å². The van der Waals surface area contributed by atoms with E-state index in [-0.39, 0.29) is 23.7 Å². The Balaban J connectivity index is 1.68. The number of ketones is 1. The first-order valence-electron chi connectivity index (χ1n) is 17.2. The van der Waals surface area contributed by atoms with Crippen molar-refractivity contribution in [1.29, 1.82) is 0 Å². The lowest BCUT2D eigenvalue weighted by molar-refractivity contribution is -0.120. The summed E-state index contributed by atoms with van der Waals surface area (Å²) in [4.78, 5) is 25.6. The van der Waals surface area contributed by atoms with Crippen molar-refractivity contribution in [2.45, 2.75) is 104 Å². The van der Waals surface area contributed by atoms with Crippen LogP contribution in [-0.2, 0) is 4.79 Å². The summed E-state index contributed by atoms with van der Waals surface area (Å²) < 4.78 is 0. The monoisotopic (exact) mass is 635 g/mol. The molecule has 47 heavy (non-hydrogen) atoms. The van der Waals surface area contributed by atoms with Crippen LogP contribution in [0.25, 0.3) is 0 Å². The van der Waals surface area contributed by atoms with Crippen molar-refractivity contribution in [2.75, 3.05) is 10.6 Å². The van der Waals surface area contributed by atoms with Crippen LogP contribution < -0.4 is 16.4 Å². The third-order valence-electron chi connectivity index (χ3n) is 7.64. The van der Waals surface area contributed by atoms with Gasteiger partial charge in [-0.2, -0.15) is 0 Å². The van der Waals surface area contributed by atoms with E-state index in [0.29, 0.717) is 18.5 Å². The van der Waals surface area contributed by atoms with E-state index in [1.54, 1.807) is 24.3 Å². The van der Waals surface area contributed by atoms with Gasteiger partial charge in [-0.1, -0.05) is 138 Å². The van der Waals surface area contributed by atoms with Crippen LogP contribution >= 0.6 is 0 Å². The highest BCUT2D eigenvalue weighted by molar-refractivity contribution is 6.01. The lowest BCUT2D eigenvalue weighted by Gasteiger charge is -2.20. The number of allylic oxidation sites excluding steroid dienone is 12. The van der Waals surface area contributed by atoms with E-state index in [0.717, 1.165) is 60.9 Å². The first-order valence-corrected chi connectivity index (χ1v) is 17.2. The first kappa shape index (κ1) is 39.0. The molecule has 0 radical (unpaired) electrons. The number of carbonyl (C=O) groups excluding carboxylic acids is 2. The van der Waals surface area contributed by atoms with Crippen LogP contribution in [0.4, 0.5) is 16.2 Å². The summed E-state index contributed by atoms with van der Waals surface area (Å²) in [6.45, 7) is 10.6. The molecule has 0 aliphatic rings. The smallest absolute Gasteiger partial charge is 0.318 e. The zero-order chi connectivity index (χ0) is 34.3. The van der Waals surface area contributed by atoms with E-state index in [9.17, 15) is 9.59 Å². The van der Waals surface area contributed by atoms with Gasteiger partial charge >= 0.3 is 6.03 Å². The topological polar surface area (TPSA) is 84.2 Å². The Kier molecular flexibility index (Phi) is 19.2. The highest BCUT2D eigenvalue weighted by Gasteiger charge is 2.17.